The monoisotopic (exact) mass is 372 g/mol. The molecule has 2 N–H and O–H groups in total. The second-order valence-electron chi connectivity index (χ2n) is 6.47. The van der Waals surface area contributed by atoms with Gasteiger partial charge in [-0.15, -0.1) is 0 Å². The maximum absolute atomic E-state index is 12.3. The Morgan fingerprint density at radius 2 is 2.07 bits per heavy atom. The Kier molecular flexibility index (Phi) is 5.44. The molecule has 3 rings (SSSR count). The third-order valence-electron chi connectivity index (χ3n) is 4.48. The first-order valence-electron chi connectivity index (χ1n) is 8.52. The Bertz CT molecular complexity index is 832. The van der Waals surface area contributed by atoms with Gasteiger partial charge in [0.05, 0.1) is 12.2 Å². The molecule has 2 amide bonds. The quantitative estimate of drug-likeness (QED) is 0.804. The molecule has 27 heavy (non-hydrogen) atoms. The summed E-state index contributed by atoms with van der Waals surface area (Å²) in [4.78, 5) is 36.9. The van der Waals surface area contributed by atoms with Gasteiger partial charge in [0.1, 0.15) is 5.75 Å². The maximum Gasteiger partial charge on any atom is 0.308 e. The highest BCUT2D eigenvalue weighted by Crippen LogP contribution is 2.24. The first kappa shape index (κ1) is 18.5. The van der Waals surface area contributed by atoms with E-state index in [9.17, 15) is 14.4 Å². The third-order valence-corrected chi connectivity index (χ3v) is 4.48. The van der Waals surface area contributed by atoms with Gasteiger partial charge in [0, 0.05) is 24.8 Å². The predicted molar refractivity (Wildman–Crippen MR) is 95.5 cm³/mol. The SMILES string of the molecule is C[C@@H]1CN(C(=O)COc2cccc(NC(=O)c3ccco3)c2)C[C@H]1C(=O)O. The van der Waals surface area contributed by atoms with Crippen LogP contribution in [0.4, 0.5) is 5.69 Å². The summed E-state index contributed by atoms with van der Waals surface area (Å²) in [6, 6.07) is 9.82. The molecule has 0 radical (unpaired) electrons. The van der Waals surface area contributed by atoms with Gasteiger partial charge in [-0.3, -0.25) is 14.4 Å². The zero-order valence-electron chi connectivity index (χ0n) is 14.8. The number of hydrogen-bond donors (Lipinski definition) is 2. The van der Waals surface area contributed by atoms with Gasteiger partial charge in [0.2, 0.25) is 0 Å². The zero-order chi connectivity index (χ0) is 19.4. The molecular weight excluding hydrogens is 352 g/mol. The summed E-state index contributed by atoms with van der Waals surface area (Å²) in [5, 5.41) is 11.8. The molecule has 142 valence electrons. The van der Waals surface area contributed by atoms with E-state index >= 15 is 0 Å². The number of furan rings is 1. The Morgan fingerprint density at radius 3 is 2.74 bits per heavy atom. The van der Waals surface area contributed by atoms with Crippen LogP contribution in [0.25, 0.3) is 0 Å². The number of carboxylic acid groups (broad SMARTS) is 1. The fourth-order valence-electron chi connectivity index (χ4n) is 2.99. The number of carbonyl (C=O) groups excluding carboxylic acids is 2. The summed E-state index contributed by atoms with van der Waals surface area (Å²) in [5.74, 6) is -1.58. The van der Waals surface area contributed by atoms with E-state index in [2.05, 4.69) is 5.32 Å². The number of anilines is 1. The predicted octanol–water partition coefficient (Wildman–Crippen LogP) is 2.09. The lowest BCUT2D eigenvalue weighted by atomic mass is 9.99. The zero-order valence-corrected chi connectivity index (χ0v) is 14.8. The average Bonchev–Trinajstić information content (AvgIpc) is 3.29. The Hall–Kier alpha value is -3.29. The van der Waals surface area contributed by atoms with Gasteiger partial charge < -0.3 is 24.5 Å². The lowest BCUT2D eigenvalue weighted by molar-refractivity contribution is -0.142. The second-order valence-corrected chi connectivity index (χ2v) is 6.47. The smallest absolute Gasteiger partial charge is 0.308 e. The number of hydrogen-bond acceptors (Lipinski definition) is 5. The van der Waals surface area contributed by atoms with Crippen molar-refractivity contribution in [3.05, 3.63) is 48.4 Å². The van der Waals surface area contributed by atoms with E-state index in [1.807, 2.05) is 6.92 Å². The number of aliphatic carboxylic acids is 1. The van der Waals surface area contributed by atoms with Gasteiger partial charge in [0.25, 0.3) is 11.8 Å². The molecule has 1 fully saturated rings. The van der Waals surface area contributed by atoms with Crippen molar-refractivity contribution in [3.8, 4) is 5.75 Å². The number of likely N-dealkylation sites (tertiary alicyclic amines) is 1. The third kappa shape index (κ3) is 4.46. The van der Waals surface area contributed by atoms with Crippen LogP contribution in [0.1, 0.15) is 17.5 Å². The molecule has 8 nitrogen and oxygen atoms in total. The summed E-state index contributed by atoms with van der Waals surface area (Å²) < 4.78 is 10.5. The summed E-state index contributed by atoms with van der Waals surface area (Å²) >= 11 is 0. The number of amides is 2. The van der Waals surface area contributed by atoms with Crippen molar-refractivity contribution in [2.45, 2.75) is 6.92 Å². The minimum Gasteiger partial charge on any atom is -0.484 e. The van der Waals surface area contributed by atoms with Crippen LogP contribution in [0, 0.1) is 11.8 Å². The molecule has 1 aromatic carbocycles. The Labute approximate surface area is 155 Å². The molecule has 0 saturated carbocycles. The summed E-state index contributed by atoms with van der Waals surface area (Å²) in [6.07, 6.45) is 1.41. The van der Waals surface area contributed by atoms with E-state index < -0.39 is 11.9 Å². The highest BCUT2D eigenvalue weighted by Gasteiger charge is 2.36. The summed E-state index contributed by atoms with van der Waals surface area (Å²) in [5.41, 5.74) is 0.502. The number of nitrogens with one attached hydrogen (secondary N) is 1. The van der Waals surface area contributed by atoms with E-state index in [4.69, 9.17) is 14.3 Å². The number of carbonyl (C=O) groups is 3. The van der Waals surface area contributed by atoms with E-state index in [1.54, 1.807) is 36.4 Å². The van der Waals surface area contributed by atoms with E-state index in [0.717, 1.165) is 0 Å². The van der Waals surface area contributed by atoms with Crippen molar-refractivity contribution < 1.29 is 28.6 Å². The summed E-state index contributed by atoms with van der Waals surface area (Å²) in [6.45, 7) is 2.21. The van der Waals surface area contributed by atoms with Crippen LogP contribution in [-0.2, 0) is 9.59 Å². The molecule has 2 heterocycles. The fraction of sp³-hybridized carbons (Fsp3) is 0.316. The van der Waals surface area contributed by atoms with Crippen LogP contribution in [0.5, 0.6) is 5.75 Å². The van der Waals surface area contributed by atoms with Crippen molar-refractivity contribution in [2.24, 2.45) is 11.8 Å². The van der Waals surface area contributed by atoms with Gasteiger partial charge >= 0.3 is 5.97 Å². The van der Waals surface area contributed by atoms with E-state index in [0.29, 0.717) is 18.0 Å². The second kappa shape index (κ2) is 7.94. The maximum atomic E-state index is 12.3. The van der Waals surface area contributed by atoms with Crippen LogP contribution in [-0.4, -0.2) is 47.5 Å². The lowest BCUT2D eigenvalue weighted by Gasteiger charge is -2.16. The molecule has 1 aliphatic heterocycles. The molecule has 0 unspecified atom stereocenters. The Balaban J connectivity index is 1.55. The largest absolute Gasteiger partial charge is 0.484 e. The van der Waals surface area contributed by atoms with Crippen LogP contribution in [0.15, 0.2) is 47.1 Å². The molecule has 2 aromatic rings. The minimum atomic E-state index is -0.890. The molecule has 2 atom stereocenters. The Morgan fingerprint density at radius 1 is 1.26 bits per heavy atom. The highest BCUT2D eigenvalue weighted by atomic mass is 16.5. The van der Waals surface area contributed by atoms with Crippen molar-refractivity contribution in [3.63, 3.8) is 0 Å². The average molecular weight is 372 g/mol. The normalized spacial score (nSPS) is 18.9. The van der Waals surface area contributed by atoms with Gasteiger partial charge in [-0.1, -0.05) is 13.0 Å². The van der Waals surface area contributed by atoms with E-state index in [1.165, 1.54) is 11.2 Å². The molecular formula is C19H20N2O6. The van der Waals surface area contributed by atoms with Crippen molar-refractivity contribution in [1.82, 2.24) is 4.90 Å². The molecule has 0 bridgehead atoms. The molecule has 1 saturated heterocycles. The van der Waals surface area contributed by atoms with Gasteiger partial charge in [-0.05, 0) is 30.2 Å². The number of ether oxygens (including phenoxy) is 1. The number of rotatable bonds is 6. The van der Waals surface area contributed by atoms with E-state index in [-0.39, 0.29) is 36.6 Å². The standard InChI is InChI=1S/C19H20N2O6/c1-12-9-21(10-15(12)19(24)25)17(22)11-27-14-5-2-4-13(8-14)20-18(23)16-6-3-7-26-16/h2-8,12,15H,9-11H2,1H3,(H,20,23)(H,24,25)/t12-,15-/m1/s1. The highest BCUT2D eigenvalue weighted by molar-refractivity contribution is 6.02. The molecule has 1 aliphatic rings. The number of nitrogens with zero attached hydrogens (tertiary/aromatic N) is 1. The first-order valence-corrected chi connectivity index (χ1v) is 8.52. The van der Waals surface area contributed by atoms with Crippen LogP contribution < -0.4 is 10.1 Å². The van der Waals surface area contributed by atoms with Gasteiger partial charge in [-0.2, -0.15) is 0 Å². The topological polar surface area (TPSA) is 109 Å². The molecule has 0 aliphatic carbocycles. The fourth-order valence-corrected chi connectivity index (χ4v) is 2.99. The summed E-state index contributed by atoms with van der Waals surface area (Å²) in [7, 11) is 0. The van der Waals surface area contributed by atoms with Crippen LogP contribution in [0.3, 0.4) is 0 Å². The molecule has 8 heteroatoms. The first-order chi connectivity index (χ1) is 12.9. The van der Waals surface area contributed by atoms with Crippen molar-refractivity contribution >= 4 is 23.5 Å². The number of benzene rings is 1. The molecule has 1 aromatic heterocycles. The van der Waals surface area contributed by atoms with Gasteiger partial charge in [0.15, 0.2) is 12.4 Å². The van der Waals surface area contributed by atoms with Crippen LogP contribution >= 0.6 is 0 Å². The van der Waals surface area contributed by atoms with Gasteiger partial charge in [-0.25, -0.2) is 0 Å². The van der Waals surface area contributed by atoms with Crippen LogP contribution in [0.2, 0.25) is 0 Å². The molecule has 0 spiro atoms. The lowest BCUT2D eigenvalue weighted by Crippen LogP contribution is -2.33. The minimum absolute atomic E-state index is 0.0911. The van der Waals surface area contributed by atoms with Crippen molar-refractivity contribution in [1.29, 1.82) is 0 Å². The van der Waals surface area contributed by atoms with Crippen molar-refractivity contribution in [2.75, 3.05) is 25.0 Å². The number of carboxylic acids is 1.